The van der Waals surface area contributed by atoms with Crippen LogP contribution >= 0.6 is 0 Å². The molecule has 1 unspecified atom stereocenters. The van der Waals surface area contributed by atoms with Gasteiger partial charge in [-0.1, -0.05) is 0 Å². The second kappa shape index (κ2) is 6.45. The van der Waals surface area contributed by atoms with Crippen LogP contribution in [0.3, 0.4) is 0 Å². The molecule has 0 bridgehead atoms. The Balaban J connectivity index is 1.88. The van der Waals surface area contributed by atoms with Gasteiger partial charge in [0, 0.05) is 18.8 Å². The first-order valence-electron chi connectivity index (χ1n) is 6.77. The first-order chi connectivity index (χ1) is 9.22. The third-order valence-corrected chi connectivity index (χ3v) is 3.48. The van der Waals surface area contributed by atoms with E-state index < -0.39 is 0 Å². The zero-order valence-corrected chi connectivity index (χ0v) is 11.6. The fraction of sp³-hybridized carbons (Fsp3) is 0.533. The molecule has 104 valence electrons. The van der Waals surface area contributed by atoms with Crippen LogP contribution in [0.5, 0.6) is 5.75 Å². The maximum atomic E-state index is 11.5. The Bertz CT molecular complexity index is 416. The van der Waals surface area contributed by atoms with Crippen molar-refractivity contribution in [2.24, 2.45) is 5.92 Å². The molecule has 2 rings (SSSR count). The van der Waals surface area contributed by atoms with E-state index in [0.29, 0.717) is 18.9 Å². The monoisotopic (exact) mass is 263 g/mol. The molecule has 19 heavy (non-hydrogen) atoms. The number of rotatable bonds is 5. The summed E-state index contributed by atoms with van der Waals surface area (Å²) < 4.78 is 10.2. The van der Waals surface area contributed by atoms with E-state index in [1.54, 1.807) is 7.11 Å². The molecule has 0 aromatic heterocycles. The number of carbonyl (C=O) groups is 1. The van der Waals surface area contributed by atoms with E-state index in [-0.39, 0.29) is 5.97 Å². The van der Waals surface area contributed by atoms with Crippen LogP contribution in [0.15, 0.2) is 24.3 Å². The summed E-state index contributed by atoms with van der Waals surface area (Å²) in [6, 6.07) is 8.05. The largest absolute Gasteiger partial charge is 0.497 e. The van der Waals surface area contributed by atoms with E-state index in [1.807, 2.05) is 19.1 Å². The topological polar surface area (TPSA) is 38.8 Å². The SMILES string of the molecule is CCOC(=O)CC1CCN(c2ccc(OC)cc2)C1. The molecule has 1 saturated heterocycles. The average molecular weight is 263 g/mol. The third-order valence-electron chi connectivity index (χ3n) is 3.48. The fourth-order valence-electron chi connectivity index (χ4n) is 2.48. The minimum Gasteiger partial charge on any atom is -0.497 e. The van der Waals surface area contributed by atoms with Gasteiger partial charge in [0.1, 0.15) is 5.75 Å². The number of benzene rings is 1. The van der Waals surface area contributed by atoms with Gasteiger partial charge in [0.25, 0.3) is 0 Å². The number of anilines is 1. The van der Waals surface area contributed by atoms with Crippen molar-refractivity contribution >= 4 is 11.7 Å². The Morgan fingerprint density at radius 2 is 2.11 bits per heavy atom. The Morgan fingerprint density at radius 1 is 1.37 bits per heavy atom. The molecule has 0 radical (unpaired) electrons. The molecular formula is C15H21NO3. The lowest BCUT2D eigenvalue weighted by Crippen LogP contribution is -2.20. The number of nitrogens with zero attached hydrogens (tertiary/aromatic N) is 1. The molecule has 1 aliphatic rings. The van der Waals surface area contributed by atoms with Crippen molar-refractivity contribution in [1.82, 2.24) is 0 Å². The van der Waals surface area contributed by atoms with Crippen molar-refractivity contribution in [3.05, 3.63) is 24.3 Å². The molecule has 1 aromatic rings. The highest BCUT2D eigenvalue weighted by atomic mass is 16.5. The van der Waals surface area contributed by atoms with Crippen LogP contribution in [0, 0.1) is 5.92 Å². The lowest BCUT2D eigenvalue weighted by molar-refractivity contribution is -0.144. The van der Waals surface area contributed by atoms with Crippen molar-refractivity contribution in [3.8, 4) is 5.75 Å². The van der Waals surface area contributed by atoms with Gasteiger partial charge in [0.05, 0.1) is 20.1 Å². The van der Waals surface area contributed by atoms with Crippen LogP contribution in [0.1, 0.15) is 19.8 Å². The third kappa shape index (κ3) is 3.63. The standard InChI is InChI=1S/C15H21NO3/c1-3-19-15(17)10-12-8-9-16(11-12)13-4-6-14(18-2)7-5-13/h4-7,12H,3,8-11H2,1-2H3. The molecule has 0 N–H and O–H groups in total. The molecule has 4 nitrogen and oxygen atoms in total. The summed E-state index contributed by atoms with van der Waals surface area (Å²) in [7, 11) is 1.67. The molecule has 0 aliphatic carbocycles. The minimum atomic E-state index is -0.0796. The van der Waals surface area contributed by atoms with Crippen molar-refractivity contribution in [2.75, 3.05) is 31.7 Å². The predicted molar refractivity (Wildman–Crippen MR) is 74.6 cm³/mol. The van der Waals surface area contributed by atoms with E-state index in [4.69, 9.17) is 9.47 Å². The van der Waals surface area contributed by atoms with Gasteiger partial charge in [-0.25, -0.2) is 0 Å². The van der Waals surface area contributed by atoms with Crippen LogP contribution in [0.4, 0.5) is 5.69 Å². The fourth-order valence-corrected chi connectivity index (χ4v) is 2.48. The molecule has 1 aliphatic heterocycles. The summed E-state index contributed by atoms with van der Waals surface area (Å²) >= 11 is 0. The first kappa shape index (κ1) is 13.7. The first-order valence-corrected chi connectivity index (χ1v) is 6.77. The molecule has 1 aromatic carbocycles. The van der Waals surface area contributed by atoms with Crippen LogP contribution < -0.4 is 9.64 Å². The van der Waals surface area contributed by atoms with Gasteiger partial charge in [0.15, 0.2) is 0 Å². The van der Waals surface area contributed by atoms with E-state index in [1.165, 1.54) is 5.69 Å². The molecular weight excluding hydrogens is 242 g/mol. The highest BCUT2D eigenvalue weighted by Crippen LogP contribution is 2.27. The van der Waals surface area contributed by atoms with Crippen molar-refractivity contribution in [2.45, 2.75) is 19.8 Å². The zero-order chi connectivity index (χ0) is 13.7. The van der Waals surface area contributed by atoms with Gasteiger partial charge in [-0.3, -0.25) is 4.79 Å². The molecule has 1 atom stereocenters. The van der Waals surface area contributed by atoms with E-state index >= 15 is 0 Å². The summed E-state index contributed by atoms with van der Waals surface area (Å²) in [6.07, 6.45) is 1.57. The normalized spacial score (nSPS) is 18.4. The molecule has 1 fully saturated rings. The lowest BCUT2D eigenvalue weighted by atomic mass is 10.1. The van der Waals surface area contributed by atoms with E-state index in [0.717, 1.165) is 25.3 Å². The van der Waals surface area contributed by atoms with Crippen molar-refractivity contribution < 1.29 is 14.3 Å². The molecule has 0 amide bonds. The Kier molecular flexibility index (Phi) is 4.66. The van der Waals surface area contributed by atoms with Crippen LogP contribution in [0.2, 0.25) is 0 Å². The van der Waals surface area contributed by atoms with Crippen LogP contribution in [-0.4, -0.2) is 32.8 Å². The number of methoxy groups -OCH3 is 1. The Labute approximate surface area is 114 Å². The predicted octanol–water partition coefficient (Wildman–Crippen LogP) is 2.47. The number of hydrogen-bond donors (Lipinski definition) is 0. The molecule has 1 heterocycles. The second-order valence-electron chi connectivity index (χ2n) is 4.81. The zero-order valence-electron chi connectivity index (χ0n) is 11.6. The number of hydrogen-bond acceptors (Lipinski definition) is 4. The van der Waals surface area contributed by atoms with Crippen molar-refractivity contribution in [3.63, 3.8) is 0 Å². The van der Waals surface area contributed by atoms with Crippen molar-refractivity contribution in [1.29, 1.82) is 0 Å². The molecule has 4 heteroatoms. The van der Waals surface area contributed by atoms with Gasteiger partial charge >= 0.3 is 5.97 Å². The van der Waals surface area contributed by atoms with E-state index in [2.05, 4.69) is 17.0 Å². The number of carbonyl (C=O) groups excluding carboxylic acids is 1. The maximum Gasteiger partial charge on any atom is 0.306 e. The van der Waals surface area contributed by atoms with Gasteiger partial charge in [-0.05, 0) is 43.5 Å². The van der Waals surface area contributed by atoms with Crippen LogP contribution in [-0.2, 0) is 9.53 Å². The number of ether oxygens (including phenoxy) is 2. The van der Waals surface area contributed by atoms with Gasteiger partial charge in [0.2, 0.25) is 0 Å². The van der Waals surface area contributed by atoms with Gasteiger partial charge in [-0.2, -0.15) is 0 Å². The van der Waals surface area contributed by atoms with Gasteiger partial charge in [-0.15, -0.1) is 0 Å². The summed E-state index contributed by atoms with van der Waals surface area (Å²) in [5, 5.41) is 0. The lowest BCUT2D eigenvalue weighted by Gasteiger charge is -2.18. The average Bonchev–Trinajstić information content (AvgIpc) is 2.87. The Hall–Kier alpha value is -1.71. The molecule has 0 spiro atoms. The highest BCUT2D eigenvalue weighted by Gasteiger charge is 2.25. The minimum absolute atomic E-state index is 0.0796. The molecule has 0 saturated carbocycles. The smallest absolute Gasteiger partial charge is 0.306 e. The maximum absolute atomic E-state index is 11.5. The highest BCUT2D eigenvalue weighted by molar-refractivity contribution is 5.70. The summed E-state index contributed by atoms with van der Waals surface area (Å²) in [6.45, 7) is 4.23. The number of esters is 1. The van der Waals surface area contributed by atoms with Crippen LogP contribution in [0.25, 0.3) is 0 Å². The van der Waals surface area contributed by atoms with Gasteiger partial charge < -0.3 is 14.4 Å². The summed E-state index contributed by atoms with van der Waals surface area (Å²) in [4.78, 5) is 13.8. The summed E-state index contributed by atoms with van der Waals surface area (Å²) in [5.74, 6) is 1.19. The van der Waals surface area contributed by atoms with E-state index in [9.17, 15) is 4.79 Å². The Morgan fingerprint density at radius 3 is 2.74 bits per heavy atom. The summed E-state index contributed by atoms with van der Waals surface area (Å²) in [5.41, 5.74) is 1.19. The second-order valence-corrected chi connectivity index (χ2v) is 4.81. The quantitative estimate of drug-likeness (QED) is 0.765.